The third-order valence-corrected chi connectivity index (χ3v) is 22.9. The van der Waals surface area contributed by atoms with Crippen molar-refractivity contribution in [3.63, 3.8) is 0 Å². The molecule has 0 aliphatic carbocycles. The van der Waals surface area contributed by atoms with E-state index in [1.54, 1.807) is 0 Å². The maximum Gasteiger partial charge on any atom is 0.472 e. The van der Waals surface area contributed by atoms with Gasteiger partial charge in [0.05, 0.1) is 26.4 Å². The number of carbonyl (C=O) groups is 4. The van der Waals surface area contributed by atoms with Gasteiger partial charge < -0.3 is 33.8 Å². The minimum Gasteiger partial charge on any atom is -0.462 e. The maximum absolute atomic E-state index is 13.2. The van der Waals surface area contributed by atoms with Crippen LogP contribution in [0.15, 0.2) is 0 Å². The lowest BCUT2D eigenvalue weighted by Crippen LogP contribution is -2.30. The highest BCUT2D eigenvalue weighted by atomic mass is 31.2. The number of unbranched alkanes of at least 4 members (excludes halogenated alkanes) is 61. The van der Waals surface area contributed by atoms with Crippen molar-refractivity contribution >= 4 is 39.5 Å². The van der Waals surface area contributed by atoms with Crippen LogP contribution in [0.4, 0.5) is 0 Å². The molecule has 3 N–H and O–H groups in total. The van der Waals surface area contributed by atoms with E-state index < -0.39 is 97.5 Å². The topological polar surface area (TPSA) is 237 Å². The van der Waals surface area contributed by atoms with Crippen LogP contribution >= 0.6 is 15.6 Å². The van der Waals surface area contributed by atoms with E-state index in [1.165, 1.54) is 308 Å². The summed E-state index contributed by atoms with van der Waals surface area (Å²) in [6.45, 7) is 7.41. The Hall–Kier alpha value is -1.94. The van der Waals surface area contributed by atoms with Gasteiger partial charge in [-0.15, -0.1) is 0 Å². The highest BCUT2D eigenvalue weighted by Gasteiger charge is 2.30. The molecule has 0 spiro atoms. The molecule has 0 amide bonds. The van der Waals surface area contributed by atoms with Crippen molar-refractivity contribution in [1.82, 2.24) is 0 Å². The first-order chi connectivity index (χ1) is 52.5. The SMILES string of the molecule is CCCCCCCCCCCCCCCCCCCCCCCCC(=O)O[C@H](COC(=O)CCCCCCCCCCCCCCCCCC(C)C)COP(=O)(O)OC[C@@H](O)COP(=O)(O)OC[C@@H](COC(=O)CCCCCCCCCCCCC)OC(=O)CCCCCCCCCCCCCCCCCCC. The van der Waals surface area contributed by atoms with Crippen LogP contribution in [0.5, 0.6) is 0 Å². The molecule has 0 aromatic rings. The summed E-state index contributed by atoms with van der Waals surface area (Å²) in [5.74, 6) is -1.29. The van der Waals surface area contributed by atoms with Crippen molar-refractivity contribution in [2.24, 2.45) is 5.92 Å². The highest BCUT2D eigenvalue weighted by Crippen LogP contribution is 2.45. The lowest BCUT2D eigenvalue weighted by Gasteiger charge is -2.21. The Morgan fingerprint density at radius 1 is 0.250 bits per heavy atom. The number of rotatable bonds is 89. The van der Waals surface area contributed by atoms with Gasteiger partial charge in [-0.25, -0.2) is 9.13 Å². The first kappa shape index (κ1) is 106. The predicted octanol–water partition coefficient (Wildman–Crippen LogP) is 27.5. The van der Waals surface area contributed by atoms with Gasteiger partial charge in [0.1, 0.15) is 19.3 Å². The van der Waals surface area contributed by atoms with E-state index in [-0.39, 0.29) is 25.7 Å². The Labute approximate surface area is 664 Å². The largest absolute Gasteiger partial charge is 0.472 e. The molecular weight excluding hydrogens is 1400 g/mol. The number of esters is 4. The summed E-state index contributed by atoms with van der Waals surface area (Å²) >= 11 is 0. The van der Waals surface area contributed by atoms with Gasteiger partial charge in [-0.05, 0) is 31.6 Å². The summed E-state index contributed by atoms with van der Waals surface area (Å²) in [7, 11) is -9.93. The lowest BCUT2D eigenvalue weighted by molar-refractivity contribution is -0.161. The van der Waals surface area contributed by atoms with Crippen molar-refractivity contribution in [2.45, 2.75) is 502 Å². The van der Waals surface area contributed by atoms with Gasteiger partial charge in [0.15, 0.2) is 12.2 Å². The van der Waals surface area contributed by atoms with Crippen LogP contribution in [0.1, 0.15) is 484 Å². The minimum absolute atomic E-state index is 0.109. The number of phosphoric acid groups is 2. The Morgan fingerprint density at radius 3 is 0.630 bits per heavy atom. The summed E-state index contributed by atoms with van der Waals surface area (Å²) in [4.78, 5) is 73.3. The van der Waals surface area contributed by atoms with Gasteiger partial charge in [0.25, 0.3) is 0 Å². The molecule has 0 saturated heterocycles. The average molecular weight is 1580 g/mol. The normalized spacial score (nSPS) is 13.7. The standard InChI is InChI=1S/C89H174O17P2/c1-6-9-12-15-18-21-24-26-28-30-31-32-33-34-36-40-45-50-55-60-65-70-75-89(94)106-85(79-100-87(92)73-68-63-58-53-48-43-41-37-38-42-47-51-56-61-66-71-82(4)5)81-104-108(97,98)102-77-83(90)76-101-107(95,96)103-80-84(78-99-86(91)72-67-62-57-52-46-23-20-17-14-11-8-3)105-88(93)74-69-64-59-54-49-44-39-35-29-27-25-22-19-16-13-10-7-2/h82-85,90H,6-81H2,1-5H3,(H,95,96)(H,97,98)/t83-,84+,85+/m0/s1. The second-order valence-corrected chi connectivity index (χ2v) is 35.4. The number of aliphatic hydroxyl groups is 1. The summed E-state index contributed by atoms with van der Waals surface area (Å²) < 4.78 is 69.0. The van der Waals surface area contributed by atoms with Crippen LogP contribution in [-0.2, 0) is 65.4 Å². The zero-order valence-corrected chi connectivity index (χ0v) is 72.8. The third kappa shape index (κ3) is 82.1. The molecule has 0 bridgehead atoms. The maximum atomic E-state index is 13.2. The van der Waals surface area contributed by atoms with E-state index in [1.807, 2.05) is 0 Å². The molecule has 19 heteroatoms. The molecule has 0 aromatic carbocycles. The fourth-order valence-corrected chi connectivity index (χ4v) is 15.6. The molecule has 0 rings (SSSR count). The number of ether oxygens (including phenoxy) is 4. The molecule has 5 atom stereocenters. The monoisotopic (exact) mass is 1580 g/mol. The number of aliphatic hydroxyl groups excluding tert-OH is 1. The van der Waals surface area contributed by atoms with Crippen LogP contribution in [0.3, 0.4) is 0 Å². The third-order valence-electron chi connectivity index (χ3n) is 21.0. The van der Waals surface area contributed by atoms with E-state index in [4.69, 9.17) is 37.0 Å². The number of carbonyl (C=O) groups excluding carboxylic acids is 4. The summed E-state index contributed by atoms with van der Waals surface area (Å²) in [5, 5.41) is 10.7. The van der Waals surface area contributed by atoms with E-state index in [2.05, 4.69) is 34.6 Å². The fourth-order valence-electron chi connectivity index (χ4n) is 14.0. The Balaban J connectivity index is 5.23. The van der Waals surface area contributed by atoms with Crippen LogP contribution < -0.4 is 0 Å². The van der Waals surface area contributed by atoms with Gasteiger partial charge in [-0.3, -0.25) is 37.3 Å². The van der Waals surface area contributed by atoms with Crippen molar-refractivity contribution in [1.29, 1.82) is 0 Å². The molecule has 642 valence electrons. The van der Waals surface area contributed by atoms with E-state index in [9.17, 15) is 43.2 Å². The van der Waals surface area contributed by atoms with Crippen molar-refractivity contribution in [3.8, 4) is 0 Å². The van der Waals surface area contributed by atoms with Crippen LogP contribution in [0.2, 0.25) is 0 Å². The molecule has 0 aliphatic rings. The predicted molar refractivity (Wildman–Crippen MR) is 446 cm³/mol. The quantitative estimate of drug-likeness (QED) is 0.0222. The smallest absolute Gasteiger partial charge is 0.462 e. The van der Waals surface area contributed by atoms with Crippen molar-refractivity contribution in [3.05, 3.63) is 0 Å². The molecule has 0 aromatic heterocycles. The molecular formula is C89H174O17P2. The summed E-state index contributed by atoms with van der Waals surface area (Å²) in [6, 6.07) is 0. The van der Waals surface area contributed by atoms with E-state index >= 15 is 0 Å². The number of hydrogen-bond donors (Lipinski definition) is 3. The second kappa shape index (κ2) is 81.6. The van der Waals surface area contributed by atoms with Crippen LogP contribution in [0, 0.1) is 5.92 Å². The van der Waals surface area contributed by atoms with Gasteiger partial charge in [-0.2, -0.15) is 0 Å². The first-order valence-electron chi connectivity index (χ1n) is 46.1. The first-order valence-corrected chi connectivity index (χ1v) is 49.1. The van der Waals surface area contributed by atoms with Crippen molar-refractivity contribution in [2.75, 3.05) is 39.6 Å². The minimum atomic E-state index is -4.97. The lowest BCUT2D eigenvalue weighted by atomic mass is 10.0. The number of hydrogen-bond acceptors (Lipinski definition) is 15. The van der Waals surface area contributed by atoms with Gasteiger partial charge in [0.2, 0.25) is 0 Å². The van der Waals surface area contributed by atoms with Crippen molar-refractivity contribution < 1.29 is 80.2 Å². The Bertz CT molecular complexity index is 2050. The van der Waals surface area contributed by atoms with Crippen LogP contribution in [0.25, 0.3) is 0 Å². The average Bonchev–Trinajstić information content (AvgIpc) is 0.899. The zero-order valence-electron chi connectivity index (χ0n) is 71.0. The molecule has 2 unspecified atom stereocenters. The molecule has 0 radical (unpaired) electrons. The molecule has 17 nitrogen and oxygen atoms in total. The molecule has 108 heavy (non-hydrogen) atoms. The summed E-state index contributed by atoms with van der Waals surface area (Å²) in [6.07, 6.45) is 76.4. The zero-order chi connectivity index (χ0) is 79.0. The van der Waals surface area contributed by atoms with Gasteiger partial charge >= 0.3 is 39.5 Å². The molecule has 0 fully saturated rings. The Morgan fingerprint density at radius 2 is 0.426 bits per heavy atom. The molecule has 0 aliphatic heterocycles. The van der Waals surface area contributed by atoms with E-state index in [0.717, 1.165) is 95.8 Å². The second-order valence-electron chi connectivity index (χ2n) is 32.5. The Kier molecular flexibility index (Phi) is 80.2. The molecule has 0 heterocycles. The van der Waals surface area contributed by atoms with Gasteiger partial charge in [-0.1, -0.05) is 433 Å². The fraction of sp³-hybridized carbons (Fsp3) is 0.955. The van der Waals surface area contributed by atoms with Crippen LogP contribution in [-0.4, -0.2) is 96.7 Å². The summed E-state index contributed by atoms with van der Waals surface area (Å²) in [5.41, 5.74) is 0. The van der Waals surface area contributed by atoms with Gasteiger partial charge in [0, 0.05) is 25.7 Å². The van der Waals surface area contributed by atoms with E-state index in [0.29, 0.717) is 25.7 Å². The number of phosphoric ester groups is 2. The highest BCUT2D eigenvalue weighted by molar-refractivity contribution is 7.47. The molecule has 0 saturated carbocycles.